The van der Waals surface area contributed by atoms with Crippen LogP contribution in [0.4, 0.5) is 13.2 Å². The molecule has 0 amide bonds. The Balaban J connectivity index is 1.68. The molecule has 1 atom stereocenters. The number of carboxylic acid groups (broad SMARTS) is 1. The molecule has 1 aromatic carbocycles. The molecule has 136 valence electrons. The summed E-state index contributed by atoms with van der Waals surface area (Å²) in [6.45, 7) is 0. The first-order chi connectivity index (χ1) is 12.3. The number of aromatic carboxylic acids is 1. The highest BCUT2D eigenvalue weighted by Crippen LogP contribution is 2.29. The summed E-state index contributed by atoms with van der Waals surface area (Å²) in [5, 5.41) is 8.90. The number of nitrogens with zero attached hydrogens (tertiary/aromatic N) is 1. The summed E-state index contributed by atoms with van der Waals surface area (Å²) in [6, 6.07) is 7.87. The molecular formula is C16H11F3N2O5. The van der Waals surface area contributed by atoms with Gasteiger partial charge >= 0.3 is 12.3 Å². The van der Waals surface area contributed by atoms with Gasteiger partial charge in [-0.05, 0) is 23.8 Å². The first-order valence-electron chi connectivity index (χ1n) is 7.16. The number of benzene rings is 1. The maximum absolute atomic E-state index is 12.2. The second-order valence-electron chi connectivity index (χ2n) is 5.07. The zero-order chi connectivity index (χ0) is 18.7. The molecule has 1 unspecified atom stereocenters. The van der Waals surface area contributed by atoms with Crippen molar-refractivity contribution in [1.29, 1.82) is 0 Å². The van der Waals surface area contributed by atoms with E-state index in [0.29, 0.717) is 5.56 Å². The van der Waals surface area contributed by atoms with E-state index in [-0.39, 0.29) is 23.1 Å². The summed E-state index contributed by atoms with van der Waals surface area (Å²) in [7, 11) is 0. The lowest BCUT2D eigenvalue weighted by molar-refractivity contribution is -0.274. The molecule has 0 radical (unpaired) electrons. The molecule has 1 aliphatic heterocycles. The van der Waals surface area contributed by atoms with Gasteiger partial charge in [-0.25, -0.2) is 15.3 Å². The van der Waals surface area contributed by atoms with Crippen molar-refractivity contribution in [2.45, 2.75) is 12.5 Å². The highest BCUT2D eigenvalue weighted by Gasteiger charge is 2.31. The van der Waals surface area contributed by atoms with E-state index in [4.69, 9.17) is 14.7 Å². The van der Waals surface area contributed by atoms with E-state index in [2.05, 4.69) is 15.2 Å². The Bertz CT molecular complexity index is 837. The zero-order valence-electron chi connectivity index (χ0n) is 12.9. The number of hydroxylamine groups is 1. The second-order valence-corrected chi connectivity index (χ2v) is 5.07. The van der Waals surface area contributed by atoms with Crippen molar-refractivity contribution in [3.05, 3.63) is 65.8 Å². The Labute approximate surface area is 144 Å². The molecule has 10 heteroatoms. The molecule has 0 aliphatic carbocycles. The summed E-state index contributed by atoms with van der Waals surface area (Å²) >= 11 is 0. The van der Waals surface area contributed by atoms with Gasteiger partial charge in [0.15, 0.2) is 5.69 Å². The van der Waals surface area contributed by atoms with Crippen LogP contribution < -0.4 is 15.0 Å². The van der Waals surface area contributed by atoms with E-state index >= 15 is 0 Å². The van der Waals surface area contributed by atoms with Crippen LogP contribution in [0.15, 0.2) is 54.6 Å². The lowest BCUT2D eigenvalue weighted by Crippen LogP contribution is -2.17. The molecule has 7 nitrogen and oxygen atoms in total. The number of alkyl halides is 3. The van der Waals surface area contributed by atoms with Gasteiger partial charge in [-0.3, -0.25) is 4.84 Å². The number of pyridine rings is 1. The summed E-state index contributed by atoms with van der Waals surface area (Å²) in [4.78, 5) is 19.8. The monoisotopic (exact) mass is 368 g/mol. The Kier molecular flexibility index (Phi) is 4.67. The molecule has 2 N–H and O–H groups in total. The Morgan fingerprint density at radius 2 is 1.92 bits per heavy atom. The largest absolute Gasteiger partial charge is 0.573 e. The number of aromatic nitrogens is 1. The average Bonchev–Trinajstić information content (AvgIpc) is 3.03. The standard InChI is InChI=1S/C16H11F3N2O5/c17-16(18,19)25-10-3-1-9(2-4-10)13-8-14(21-26-13)24-11-5-6-20-12(7-11)15(22)23/h1-8,13,21H,(H,22,23). The predicted molar refractivity (Wildman–Crippen MR) is 80.0 cm³/mol. The fourth-order valence-corrected chi connectivity index (χ4v) is 2.12. The Morgan fingerprint density at radius 1 is 1.19 bits per heavy atom. The van der Waals surface area contributed by atoms with Crippen LogP contribution in [0.3, 0.4) is 0 Å². The third-order valence-electron chi connectivity index (χ3n) is 3.21. The number of ether oxygens (including phenoxy) is 2. The highest BCUT2D eigenvalue weighted by atomic mass is 19.4. The maximum atomic E-state index is 12.2. The predicted octanol–water partition coefficient (Wildman–Crippen LogP) is 3.17. The maximum Gasteiger partial charge on any atom is 0.573 e. The topological polar surface area (TPSA) is 89.9 Å². The normalized spacial score (nSPS) is 16.6. The van der Waals surface area contributed by atoms with Crippen LogP contribution in [0.5, 0.6) is 11.5 Å². The third kappa shape index (κ3) is 4.42. The lowest BCUT2D eigenvalue weighted by atomic mass is 10.1. The van der Waals surface area contributed by atoms with Gasteiger partial charge in [-0.1, -0.05) is 12.1 Å². The number of carbonyl (C=O) groups is 1. The van der Waals surface area contributed by atoms with Crippen LogP contribution in [-0.2, 0) is 4.84 Å². The summed E-state index contributed by atoms with van der Waals surface area (Å²) in [6.07, 6.45) is -2.54. The highest BCUT2D eigenvalue weighted by molar-refractivity contribution is 5.85. The van der Waals surface area contributed by atoms with E-state index in [1.807, 2.05) is 0 Å². The molecule has 1 aromatic heterocycles. The number of hydrogen-bond acceptors (Lipinski definition) is 6. The molecule has 2 aromatic rings. The van der Waals surface area contributed by atoms with Crippen LogP contribution in [0.1, 0.15) is 22.2 Å². The first-order valence-corrected chi connectivity index (χ1v) is 7.16. The van der Waals surface area contributed by atoms with Gasteiger partial charge in [0.2, 0.25) is 5.88 Å². The van der Waals surface area contributed by atoms with Gasteiger partial charge < -0.3 is 14.6 Å². The van der Waals surface area contributed by atoms with E-state index in [9.17, 15) is 18.0 Å². The van der Waals surface area contributed by atoms with E-state index < -0.39 is 18.4 Å². The van der Waals surface area contributed by atoms with Crippen molar-refractivity contribution in [2.24, 2.45) is 0 Å². The van der Waals surface area contributed by atoms with Crippen molar-refractivity contribution < 1.29 is 37.4 Å². The molecular weight excluding hydrogens is 357 g/mol. The SMILES string of the molecule is O=C(O)c1cc(OC2=CC(c3ccc(OC(F)(F)F)cc3)ON2)ccn1. The van der Waals surface area contributed by atoms with Crippen LogP contribution >= 0.6 is 0 Å². The number of carboxylic acids is 1. The van der Waals surface area contributed by atoms with Crippen molar-refractivity contribution in [3.63, 3.8) is 0 Å². The van der Waals surface area contributed by atoms with Crippen LogP contribution in [-0.4, -0.2) is 22.4 Å². The fourth-order valence-electron chi connectivity index (χ4n) is 2.12. The van der Waals surface area contributed by atoms with Gasteiger partial charge in [0, 0.05) is 18.3 Å². The van der Waals surface area contributed by atoms with Crippen molar-refractivity contribution in [2.75, 3.05) is 0 Å². The van der Waals surface area contributed by atoms with Gasteiger partial charge in [0.25, 0.3) is 0 Å². The smallest absolute Gasteiger partial charge is 0.477 e. The first kappa shape index (κ1) is 17.5. The van der Waals surface area contributed by atoms with Gasteiger partial charge in [-0.2, -0.15) is 0 Å². The quantitative estimate of drug-likeness (QED) is 0.838. The number of hydrogen-bond donors (Lipinski definition) is 2. The van der Waals surface area contributed by atoms with Gasteiger partial charge in [-0.15, -0.1) is 13.2 Å². The molecule has 0 saturated carbocycles. The van der Waals surface area contributed by atoms with Gasteiger partial charge in [0.05, 0.1) is 0 Å². The van der Waals surface area contributed by atoms with Crippen LogP contribution in [0.2, 0.25) is 0 Å². The summed E-state index contributed by atoms with van der Waals surface area (Å²) in [5.41, 5.74) is 2.90. The molecule has 0 bridgehead atoms. The van der Waals surface area contributed by atoms with Crippen molar-refractivity contribution in [3.8, 4) is 11.5 Å². The van der Waals surface area contributed by atoms with Crippen LogP contribution in [0.25, 0.3) is 0 Å². The zero-order valence-corrected chi connectivity index (χ0v) is 12.9. The minimum atomic E-state index is -4.76. The average molecular weight is 368 g/mol. The Hall–Kier alpha value is -3.27. The third-order valence-corrected chi connectivity index (χ3v) is 3.21. The molecule has 2 heterocycles. The minimum Gasteiger partial charge on any atom is -0.477 e. The number of rotatable bonds is 5. The van der Waals surface area contributed by atoms with Crippen LogP contribution in [0, 0.1) is 0 Å². The molecule has 0 fully saturated rings. The second kappa shape index (κ2) is 6.92. The van der Waals surface area contributed by atoms with E-state index in [1.54, 1.807) is 6.08 Å². The molecule has 0 spiro atoms. The molecule has 3 rings (SSSR count). The summed E-state index contributed by atoms with van der Waals surface area (Å²) < 4.78 is 45.7. The van der Waals surface area contributed by atoms with Crippen molar-refractivity contribution >= 4 is 5.97 Å². The van der Waals surface area contributed by atoms with Crippen molar-refractivity contribution in [1.82, 2.24) is 10.5 Å². The fraction of sp³-hybridized carbons (Fsp3) is 0.125. The number of halogens is 3. The molecule has 26 heavy (non-hydrogen) atoms. The van der Waals surface area contributed by atoms with E-state index in [1.165, 1.54) is 42.6 Å². The number of nitrogens with one attached hydrogen (secondary N) is 1. The van der Waals surface area contributed by atoms with E-state index in [0.717, 1.165) is 0 Å². The summed E-state index contributed by atoms with van der Waals surface area (Å²) in [5.74, 6) is -1.10. The molecule has 1 aliphatic rings. The molecule has 0 saturated heterocycles. The Morgan fingerprint density at radius 3 is 2.58 bits per heavy atom. The minimum absolute atomic E-state index is 0.182. The van der Waals surface area contributed by atoms with Gasteiger partial charge in [0.1, 0.15) is 17.6 Å². The lowest BCUT2D eigenvalue weighted by Gasteiger charge is -2.11.